The first-order chi connectivity index (χ1) is 10.1. The van der Waals surface area contributed by atoms with Crippen molar-refractivity contribution in [3.63, 3.8) is 0 Å². The number of carbonyl (C=O) groups excluding carboxylic acids is 1. The summed E-state index contributed by atoms with van der Waals surface area (Å²) in [7, 11) is 1.58. The summed E-state index contributed by atoms with van der Waals surface area (Å²) < 4.78 is 5.32. The monoisotopic (exact) mass is 304 g/mol. The summed E-state index contributed by atoms with van der Waals surface area (Å²) in [5, 5.41) is 2.88. The average molecular weight is 304 g/mol. The summed E-state index contributed by atoms with van der Waals surface area (Å²) in [6, 6.07) is 11.9. The van der Waals surface area contributed by atoms with E-state index in [4.69, 9.17) is 10.5 Å². The molecule has 0 bridgehead atoms. The van der Waals surface area contributed by atoms with E-state index in [-0.39, 0.29) is 11.9 Å². The van der Waals surface area contributed by atoms with Gasteiger partial charge in [0.1, 0.15) is 10.6 Å². The van der Waals surface area contributed by atoms with Crippen LogP contribution in [0.4, 0.5) is 0 Å². The molecule has 0 saturated carbocycles. The molecule has 5 heteroatoms. The summed E-state index contributed by atoms with van der Waals surface area (Å²) in [6.45, 7) is 2.49. The summed E-state index contributed by atoms with van der Waals surface area (Å²) in [6.07, 6.45) is 0.755. The molecule has 4 nitrogen and oxygen atoms in total. The van der Waals surface area contributed by atoms with E-state index in [2.05, 4.69) is 5.32 Å². The zero-order valence-corrected chi connectivity index (χ0v) is 13.1. The van der Waals surface area contributed by atoms with Crippen molar-refractivity contribution in [3.8, 4) is 16.2 Å². The number of amides is 1. The van der Waals surface area contributed by atoms with Crippen molar-refractivity contribution in [1.82, 2.24) is 5.32 Å². The fourth-order valence-corrected chi connectivity index (χ4v) is 2.97. The van der Waals surface area contributed by atoms with Crippen molar-refractivity contribution in [2.45, 2.75) is 19.4 Å². The first kappa shape index (κ1) is 15.5. The maximum atomic E-state index is 12.2. The highest BCUT2D eigenvalue weighted by Gasteiger charge is 2.17. The lowest BCUT2D eigenvalue weighted by molar-refractivity contribution is 0.0954. The minimum Gasteiger partial charge on any atom is -0.495 e. The number of thiophene rings is 1. The number of hydrogen-bond donors (Lipinski definition) is 2. The number of rotatable bonds is 6. The van der Waals surface area contributed by atoms with Gasteiger partial charge in [0.25, 0.3) is 5.91 Å². The predicted molar refractivity (Wildman–Crippen MR) is 86.9 cm³/mol. The molecule has 2 aromatic rings. The Kier molecular flexibility index (Phi) is 5.36. The van der Waals surface area contributed by atoms with Gasteiger partial charge in [-0.15, -0.1) is 11.3 Å². The van der Waals surface area contributed by atoms with E-state index in [0.717, 1.165) is 16.9 Å². The van der Waals surface area contributed by atoms with Gasteiger partial charge in [-0.25, -0.2) is 0 Å². The Morgan fingerprint density at radius 2 is 2.10 bits per heavy atom. The number of hydrogen-bond acceptors (Lipinski definition) is 4. The van der Waals surface area contributed by atoms with Crippen LogP contribution in [0.2, 0.25) is 0 Å². The number of carbonyl (C=O) groups is 1. The molecule has 21 heavy (non-hydrogen) atoms. The molecule has 0 radical (unpaired) electrons. The van der Waals surface area contributed by atoms with Gasteiger partial charge < -0.3 is 15.8 Å². The number of methoxy groups -OCH3 is 1. The lowest BCUT2D eigenvalue weighted by Gasteiger charge is -2.07. The second-order valence-corrected chi connectivity index (χ2v) is 5.95. The van der Waals surface area contributed by atoms with Crippen molar-refractivity contribution in [1.29, 1.82) is 0 Å². The molecular weight excluding hydrogens is 284 g/mol. The molecule has 0 aliphatic heterocycles. The number of nitrogens with two attached hydrogens (primary N) is 1. The maximum absolute atomic E-state index is 12.2. The SMILES string of the molecule is COc1cc(-c2ccccc2)sc1C(=O)NCCC(C)N. The lowest BCUT2D eigenvalue weighted by atomic mass is 10.2. The van der Waals surface area contributed by atoms with Gasteiger partial charge in [0.2, 0.25) is 0 Å². The van der Waals surface area contributed by atoms with E-state index in [9.17, 15) is 4.79 Å². The van der Waals surface area contributed by atoms with E-state index in [1.165, 1.54) is 11.3 Å². The van der Waals surface area contributed by atoms with Gasteiger partial charge in [-0.3, -0.25) is 4.79 Å². The van der Waals surface area contributed by atoms with E-state index >= 15 is 0 Å². The van der Waals surface area contributed by atoms with Crippen LogP contribution in [0.5, 0.6) is 5.75 Å². The highest BCUT2D eigenvalue weighted by atomic mass is 32.1. The quantitative estimate of drug-likeness (QED) is 0.862. The van der Waals surface area contributed by atoms with E-state index in [1.807, 2.05) is 43.3 Å². The van der Waals surface area contributed by atoms with Crippen molar-refractivity contribution < 1.29 is 9.53 Å². The Morgan fingerprint density at radius 3 is 2.71 bits per heavy atom. The molecule has 0 fully saturated rings. The lowest BCUT2D eigenvalue weighted by Crippen LogP contribution is -2.28. The second-order valence-electron chi connectivity index (χ2n) is 4.90. The van der Waals surface area contributed by atoms with Gasteiger partial charge in [-0.05, 0) is 25.0 Å². The molecule has 2 rings (SSSR count). The van der Waals surface area contributed by atoms with Crippen molar-refractivity contribution in [2.75, 3.05) is 13.7 Å². The zero-order chi connectivity index (χ0) is 15.2. The maximum Gasteiger partial charge on any atom is 0.265 e. The second kappa shape index (κ2) is 7.24. The summed E-state index contributed by atoms with van der Waals surface area (Å²) >= 11 is 1.44. The smallest absolute Gasteiger partial charge is 0.265 e. The molecule has 1 aromatic carbocycles. The van der Waals surface area contributed by atoms with Gasteiger partial charge in [0.15, 0.2) is 0 Å². The van der Waals surface area contributed by atoms with Gasteiger partial charge in [0.05, 0.1) is 7.11 Å². The largest absolute Gasteiger partial charge is 0.495 e. The van der Waals surface area contributed by atoms with Crippen LogP contribution in [0.3, 0.4) is 0 Å². The van der Waals surface area contributed by atoms with Crippen molar-refractivity contribution >= 4 is 17.2 Å². The molecular formula is C16H20N2O2S. The van der Waals surface area contributed by atoms with Gasteiger partial charge in [-0.1, -0.05) is 30.3 Å². The highest BCUT2D eigenvalue weighted by molar-refractivity contribution is 7.17. The molecule has 0 aliphatic rings. The van der Waals surface area contributed by atoms with E-state index in [1.54, 1.807) is 7.11 Å². The van der Waals surface area contributed by atoms with Crippen molar-refractivity contribution in [2.24, 2.45) is 5.73 Å². The molecule has 0 spiro atoms. The molecule has 1 atom stereocenters. The third-order valence-electron chi connectivity index (χ3n) is 3.07. The fourth-order valence-electron chi connectivity index (χ4n) is 1.92. The van der Waals surface area contributed by atoms with Gasteiger partial charge >= 0.3 is 0 Å². The zero-order valence-electron chi connectivity index (χ0n) is 12.3. The van der Waals surface area contributed by atoms with Crippen LogP contribution in [0, 0.1) is 0 Å². The van der Waals surface area contributed by atoms with E-state index < -0.39 is 0 Å². The molecule has 1 unspecified atom stereocenters. The molecule has 1 heterocycles. The topological polar surface area (TPSA) is 64.3 Å². The molecule has 3 N–H and O–H groups in total. The molecule has 0 aliphatic carbocycles. The first-order valence-corrected chi connectivity index (χ1v) is 7.70. The Bertz CT molecular complexity index is 594. The van der Waals surface area contributed by atoms with Gasteiger partial charge in [0, 0.05) is 17.5 Å². The Morgan fingerprint density at radius 1 is 1.38 bits per heavy atom. The first-order valence-electron chi connectivity index (χ1n) is 6.89. The third kappa shape index (κ3) is 4.06. The summed E-state index contributed by atoms with van der Waals surface area (Å²) in [4.78, 5) is 13.8. The predicted octanol–water partition coefficient (Wildman–Crippen LogP) is 2.89. The highest BCUT2D eigenvalue weighted by Crippen LogP contribution is 2.36. The fraction of sp³-hybridized carbons (Fsp3) is 0.312. The Labute approximate surface area is 128 Å². The average Bonchev–Trinajstić information content (AvgIpc) is 2.92. The van der Waals surface area contributed by atoms with Crippen LogP contribution in [0.15, 0.2) is 36.4 Å². The van der Waals surface area contributed by atoms with E-state index in [0.29, 0.717) is 17.2 Å². The molecule has 0 saturated heterocycles. The van der Waals surface area contributed by atoms with Crippen molar-refractivity contribution in [3.05, 3.63) is 41.3 Å². The minimum atomic E-state index is -0.111. The van der Waals surface area contributed by atoms with Crippen LogP contribution < -0.4 is 15.8 Å². The third-order valence-corrected chi connectivity index (χ3v) is 4.23. The van der Waals surface area contributed by atoms with Crippen LogP contribution in [0.1, 0.15) is 23.0 Å². The molecule has 112 valence electrons. The minimum absolute atomic E-state index is 0.0791. The Hall–Kier alpha value is -1.85. The Balaban J connectivity index is 2.16. The molecule has 1 amide bonds. The molecule has 1 aromatic heterocycles. The summed E-state index contributed by atoms with van der Waals surface area (Å²) in [5.74, 6) is 0.497. The number of nitrogens with one attached hydrogen (secondary N) is 1. The van der Waals surface area contributed by atoms with Crippen LogP contribution >= 0.6 is 11.3 Å². The van der Waals surface area contributed by atoms with Crippen LogP contribution in [-0.2, 0) is 0 Å². The number of ether oxygens (including phenoxy) is 1. The van der Waals surface area contributed by atoms with Crippen LogP contribution in [0.25, 0.3) is 10.4 Å². The van der Waals surface area contributed by atoms with Gasteiger partial charge in [-0.2, -0.15) is 0 Å². The number of benzene rings is 1. The normalized spacial score (nSPS) is 12.0. The summed E-state index contributed by atoms with van der Waals surface area (Å²) in [5.41, 5.74) is 6.76. The standard InChI is InChI=1S/C16H20N2O2S/c1-11(17)8-9-18-16(19)15-13(20-2)10-14(21-15)12-6-4-3-5-7-12/h3-7,10-11H,8-9,17H2,1-2H3,(H,18,19). The van der Waals surface area contributed by atoms with Crippen LogP contribution in [-0.4, -0.2) is 25.6 Å².